The fourth-order valence-corrected chi connectivity index (χ4v) is 4.00. The minimum atomic E-state index is -1.09. The molecular formula is C32H48Br2N4O10. The van der Waals surface area contributed by atoms with Crippen molar-refractivity contribution in [3.05, 3.63) is 61.7 Å². The molecule has 0 radical (unpaired) electrons. The lowest BCUT2D eigenvalue weighted by molar-refractivity contribution is -0.698. The maximum atomic E-state index is 12.0. The number of hydrogen-bond acceptors (Lipinski definition) is 10. The van der Waals surface area contributed by atoms with Crippen molar-refractivity contribution < 1.29 is 91.4 Å². The van der Waals surface area contributed by atoms with Crippen LogP contribution in [-0.2, 0) is 64.3 Å². The zero-order valence-corrected chi connectivity index (χ0v) is 30.8. The molecule has 0 spiro atoms. The number of ether oxygens (including phenoxy) is 4. The third-order valence-electron chi connectivity index (χ3n) is 6.61. The number of esters is 4. The van der Waals surface area contributed by atoms with Crippen LogP contribution in [0.15, 0.2) is 61.7 Å². The molecule has 2 rings (SSSR count). The van der Waals surface area contributed by atoms with Crippen molar-refractivity contribution in [1.29, 1.82) is 0 Å². The molecule has 0 aliphatic rings. The normalized spacial score (nSPS) is 11.7. The number of hydrogen-bond donors (Lipinski definition) is 2. The Morgan fingerprint density at radius 2 is 1.00 bits per heavy atom. The first kappa shape index (κ1) is 44.7. The van der Waals surface area contributed by atoms with Gasteiger partial charge in [0.05, 0.1) is 25.9 Å². The smallest absolute Gasteiger partial charge is 0.333 e. The van der Waals surface area contributed by atoms with Gasteiger partial charge in [0.25, 0.3) is 0 Å². The number of carbonyl (C=O) groups is 4. The van der Waals surface area contributed by atoms with E-state index in [0.717, 1.165) is 38.8 Å². The van der Waals surface area contributed by atoms with E-state index in [0.29, 0.717) is 13.1 Å². The van der Waals surface area contributed by atoms with E-state index in [-0.39, 0.29) is 84.4 Å². The SMILES string of the molecule is C=C(C)C(=O)OCC(O)COC(=O)CCn1cc[n+](CCCCCC[n+]2ccn(CCC(=O)OCC(O)COC(=O)C(=C)C)c2)c1.[Br-].[Br-]. The van der Waals surface area contributed by atoms with Crippen LogP contribution in [0.1, 0.15) is 52.4 Å². The van der Waals surface area contributed by atoms with Gasteiger partial charge in [0, 0.05) is 11.1 Å². The number of aryl methyl sites for hydroxylation is 4. The maximum Gasteiger partial charge on any atom is 0.333 e. The van der Waals surface area contributed by atoms with E-state index in [1.165, 1.54) is 13.8 Å². The lowest BCUT2D eigenvalue weighted by Gasteiger charge is -2.11. The molecule has 0 bridgehead atoms. The average Bonchev–Trinajstić information content (AvgIpc) is 3.69. The summed E-state index contributed by atoms with van der Waals surface area (Å²) in [5, 5.41) is 19.6. The molecule has 0 saturated carbocycles. The zero-order valence-electron chi connectivity index (χ0n) is 27.6. The van der Waals surface area contributed by atoms with Crippen LogP contribution in [0.5, 0.6) is 0 Å². The number of rotatable bonds is 23. The summed E-state index contributed by atoms with van der Waals surface area (Å²) in [4.78, 5) is 46.6. The first-order valence-corrected chi connectivity index (χ1v) is 15.3. The van der Waals surface area contributed by atoms with Gasteiger partial charge in [0.2, 0.25) is 12.7 Å². The van der Waals surface area contributed by atoms with Crippen molar-refractivity contribution in [3.63, 3.8) is 0 Å². The molecule has 2 unspecified atom stereocenters. The molecule has 2 heterocycles. The number of aromatic nitrogens is 4. The molecule has 2 aromatic rings. The van der Waals surface area contributed by atoms with Crippen molar-refractivity contribution in [2.24, 2.45) is 0 Å². The molecule has 0 fully saturated rings. The molecule has 48 heavy (non-hydrogen) atoms. The topological polar surface area (TPSA) is 163 Å². The molecule has 270 valence electrons. The number of halogens is 2. The minimum absolute atomic E-state index is 0. The van der Waals surface area contributed by atoms with Gasteiger partial charge in [-0.25, -0.2) is 27.9 Å². The van der Waals surface area contributed by atoms with Gasteiger partial charge in [-0.2, -0.15) is 0 Å². The van der Waals surface area contributed by atoms with Crippen molar-refractivity contribution in [1.82, 2.24) is 9.13 Å². The molecular weight excluding hydrogens is 760 g/mol. The van der Waals surface area contributed by atoms with E-state index < -0.39 is 36.1 Å². The van der Waals surface area contributed by atoms with Gasteiger partial charge in [-0.3, -0.25) is 9.59 Å². The Bertz CT molecular complexity index is 1220. The highest BCUT2D eigenvalue weighted by Gasteiger charge is 2.15. The Labute approximate surface area is 302 Å². The molecule has 2 N–H and O–H groups in total. The van der Waals surface area contributed by atoms with Gasteiger partial charge in [0.1, 0.15) is 76.5 Å². The molecule has 0 aromatic carbocycles. The zero-order chi connectivity index (χ0) is 33.9. The Hall–Kier alpha value is -3.34. The van der Waals surface area contributed by atoms with Crippen LogP contribution in [0.2, 0.25) is 0 Å². The van der Waals surface area contributed by atoms with Crippen LogP contribution in [0, 0.1) is 0 Å². The molecule has 0 aliphatic heterocycles. The van der Waals surface area contributed by atoms with Crippen LogP contribution >= 0.6 is 0 Å². The first-order chi connectivity index (χ1) is 21.9. The Morgan fingerprint density at radius 1 is 0.646 bits per heavy atom. The Kier molecular flexibility index (Phi) is 23.0. The maximum absolute atomic E-state index is 12.0. The van der Waals surface area contributed by atoms with Crippen LogP contribution in [0.3, 0.4) is 0 Å². The summed E-state index contributed by atoms with van der Waals surface area (Å²) < 4.78 is 27.7. The molecule has 2 aromatic heterocycles. The van der Waals surface area contributed by atoms with Crippen molar-refractivity contribution >= 4 is 23.9 Å². The summed E-state index contributed by atoms with van der Waals surface area (Å²) in [6.45, 7) is 11.5. The van der Waals surface area contributed by atoms with Gasteiger partial charge in [0.15, 0.2) is 0 Å². The highest BCUT2D eigenvalue weighted by atomic mass is 79.9. The van der Waals surface area contributed by atoms with Crippen LogP contribution < -0.4 is 43.1 Å². The highest BCUT2D eigenvalue weighted by Crippen LogP contribution is 2.02. The van der Waals surface area contributed by atoms with Gasteiger partial charge < -0.3 is 63.1 Å². The Balaban J connectivity index is 0.0000110. The summed E-state index contributed by atoms with van der Waals surface area (Å²) in [6.07, 6.45) is 13.9. The van der Waals surface area contributed by atoms with Crippen molar-refractivity contribution in [3.8, 4) is 0 Å². The standard InChI is InChI=1S/C32H48N4O10.2BrH/c1-25(2)31(41)45-21-27(37)19-43-29(39)9-13-35-17-15-33(23-35)11-7-5-6-8-12-34-16-18-36(24-34)14-10-30(40)44-20-28(38)22-46-32(42)26(3)4;;/h15-18,23-24,27-28,37-38H,1,3,5-14,19-22H2,2,4H3;2*1H/q+2;;/p-2. The summed E-state index contributed by atoms with van der Waals surface area (Å²) in [5.41, 5.74) is 0.456. The third-order valence-corrected chi connectivity index (χ3v) is 6.61. The third kappa shape index (κ3) is 19.5. The molecule has 0 saturated heterocycles. The van der Waals surface area contributed by atoms with Crippen LogP contribution in [0.4, 0.5) is 0 Å². The fraction of sp³-hybridized carbons (Fsp3) is 0.562. The molecule has 14 nitrogen and oxygen atoms in total. The number of aliphatic hydroxyl groups is 2. The second kappa shape index (κ2) is 24.7. The predicted octanol–water partition coefficient (Wildman–Crippen LogP) is -5.04. The van der Waals surface area contributed by atoms with Gasteiger partial charge >= 0.3 is 23.9 Å². The van der Waals surface area contributed by atoms with E-state index in [2.05, 4.69) is 22.3 Å². The number of carbonyl (C=O) groups excluding carboxylic acids is 4. The predicted molar refractivity (Wildman–Crippen MR) is 162 cm³/mol. The second-order valence-corrected chi connectivity index (χ2v) is 11.1. The highest BCUT2D eigenvalue weighted by molar-refractivity contribution is 5.87. The largest absolute Gasteiger partial charge is 1.00 e. The summed E-state index contributed by atoms with van der Waals surface area (Å²) in [6, 6.07) is 0. The number of unbranched alkanes of at least 4 members (excludes halogenated alkanes) is 3. The van der Waals surface area contributed by atoms with E-state index in [4.69, 9.17) is 18.9 Å². The number of aliphatic hydroxyl groups excluding tert-OH is 2. The van der Waals surface area contributed by atoms with Gasteiger partial charge in [-0.15, -0.1) is 0 Å². The fourth-order valence-electron chi connectivity index (χ4n) is 4.00. The lowest BCUT2D eigenvalue weighted by atomic mass is 10.2. The number of nitrogens with zero attached hydrogens (tertiary/aromatic N) is 4. The number of imidazole rings is 2. The Morgan fingerprint density at radius 3 is 1.35 bits per heavy atom. The second-order valence-electron chi connectivity index (χ2n) is 11.1. The monoisotopic (exact) mass is 806 g/mol. The van der Waals surface area contributed by atoms with Crippen molar-refractivity contribution in [2.45, 2.75) is 90.8 Å². The molecule has 2 atom stereocenters. The minimum Gasteiger partial charge on any atom is -1.00 e. The van der Waals surface area contributed by atoms with E-state index in [9.17, 15) is 29.4 Å². The van der Waals surface area contributed by atoms with Crippen LogP contribution in [-0.4, -0.2) is 81.9 Å². The summed E-state index contributed by atoms with van der Waals surface area (Å²) in [7, 11) is 0. The van der Waals surface area contributed by atoms with E-state index in [1.54, 1.807) is 0 Å². The van der Waals surface area contributed by atoms with Gasteiger partial charge in [-0.1, -0.05) is 13.2 Å². The van der Waals surface area contributed by atoms with Crippen molar-refractivity contribution in [2.75, 3.05) is 26.4 Å². The molecule has 0 aliphatic carbocycles. The first-order valence-electron chi connectivity index (χ1n) is 15.3. The van der Waals surface area contributed by atoms with Crippen LogP contribution in [0.25, 0.3) is 0 Å². The molecule has 16 heteroatoms. The van der Waals surface area contributed by atoms with E-state index >= 15 is 0 Å². The van der Waals surface area contributed by atoms with E-state index in [1.807, 2.05) is 46.6 Å². The quantitative estimate of drug-likeness (QED) is 0.0366. The molecule has 0 amide bonds. The average molecular weight is 809 g/mol. The summed E-state index contributed by atoms with van der Waals surface area (Å²) in [5.74, 6) is -2.11. The summed E-state index contributed by atoms with van der Waals surface area (Å²) >= 11 is 0. The van der Waals surface area contributed by atoms with Gasteiger partial charge in [-0.05, 0) is 39.5 Å². The lowest BCUT2D eigenvalue weighted by Crippen LogP contribution is -3.00.